The van der Waals surface area contributed by atoms with E-state index in [1.54, 1.807) is 32.4 Å². The Morgan fingerprint density at radius 3 is 2.52 bits per heavy atom. The van der Waals surface area contributed by atoms with Crippen LogP contribution in [0.3, 0.4) is 0 Å². The topological polar surface area (TPSA) is 102 Å². The van der Waals surface area contributed by atoms with Gasteiger partial charge in [0.15, 0.2) is 0 Å². The molecule has 1 aromatic carbocycles. The summed E-state index contributed by atoms with van der Waals surface area (Å²) in [5.74, 6) is 0.137. The summed E-state index contributed by atoms with van der Waals surface area (Å²) in [6.45, 7) is 1.11. The van der Waals surface area contributed by atoms with Crippen LogP contribution in [0.5, 0.6) is 0 Å². The summed E-state index contributed by atoms with van der Waals surface area (Å²) in [7, 11) is 0. The fraction of sp³-hybridized carbons (Fsp3) is 0.367. The zero-order chi connectivity index (χ0) is 29.4. The summed E-state index contributed by atoms with van der Waals surface area (Å²) < 4.78 is 30.2. The molecule has 2 aliphatic rings. The Bertz CT molecular complexity index is 1710. The van der Waals surface area contributed by atoms with E-state index in [4.69, 9.17) is 11.6 Å². The van der Waals surface area contributed by atoms with Crippen molar-refractivity contribution in [2.24, 2.45) is 5.92 Å². The van der Waals surface area contributed by atoms with Crippen molar-refractivity contribution in [3.8, 4) is 5.69 Å². The van der Waals surface area contributed by atoms with Crippen LogP contribution in [0.1, 0.15) is 61.0 Å². The molecule has 1 aliphatic carbocycles. The number of fused-ring (bicyclic) bond motifs is 1. The van der Waals surface area contributed by atoms with Crippen molar-refractivity contribution in [3.63, 3.8) is 0 Å². The number of rotatable bonds is 7. The molecule has 4 aromatic rings. The summed E-state index contributed by atoms with van der Waals surface area (Å²) in [6, 6.07) is 12.2. The van der Waals surface area contributed by atoms with Crippen LogP contribution >= 0.6 is 11.6 Å². The number of nitrogens with zero attached hydrogens (tertiary/aromatic N) is 5. The molecule has 42 heavy (non-hydrogen) atoms. The number of imidazole rings is 1. The minimum atomic E-state index is -2.89. The van der Waals surface area contributed by atoms with Crippen LogP contribution in [-0.2, 0) is 11.3 Å². The van der Waals surface area contributed by atoms with Crippen molar-refractivity contribution in [3.05, 3.63) is 81.6 Å². The van der Waals surface area contributed by atoms with Crippen LogP contribution in [0.15, 0.2) is 59.7 Å². The largest absolute Gasteiger partial charge is 0.349 e. The van der Waals surface area contributed by atoms with Crippen LogP contribution in [0.25, 0.3) is 16.7 Å². The number of hydrogen-bond donors (Lipinski definition) is 1. The quantitative estimate of drug-likeness (QED) is 0.313. The number of hydrogen-bond acceptors (Lipinski definition) is 5. The Labute approximate surface area is 245 Å². The van der Waals surface area contributed by atoms with Gasteiger partial charge in [0.25, 0.3) is 12.3 Å². The molecule has 1 saturated heterocycles. The smallest absolute Gasteiger partial charge is 0.333 e. The van der Waals surface area contributed by atoms with Crippen LogP contribution in [0.2, 0.25) is 5.02 Å². The van der Waals surface area contributed by atoms with Gasteiger partial charge in [0.05, 0.1) is 27.3 Å². The molecule has 0 bridgehead atoms. The maximum atomic E-state index is 13.8. The molecule has 2 amide bonds. The van der Waals surface area contributed by atoms with E-state index < -0.39 is 18.0 Å². The maximum absolute atomic E-state index is 13.8. The van der Waals surface area contributed by atoms with Gasteiger partial charge in [-0.2, -0.15) is 0 Å². The highest BCUT2D eigenvalue weighted by molar-refractivity contribution is 6.30. The zero-order valence-corrected chi connectivity index (χ0v) is 23.4. The summed E-state index contributed by atoms with van der Waals surface area (Å²) >= 11 is 5.91. The molecule has 218 valence electrons. The maximum Gasteiger partial charge on any atom is 0.333 e. The number of pyridine rings is 2. The van der Waals surface area contributed by atoms with Gasteiger partial charge in [-0.25, -0.2) is 18.6 Å². The fourth-order valence-corrected chi connectivity index (χ4v) is 6.19. The molecule has 0 spiro atoms. The highest BCUT2D eigenvalue weighted by Crippen LogP contribution is 2.29. The Hall–Kier alpha value is -4.12. The lowest BCUT2D eigenvalue weighted by Gasteiger charge is -2.29. The van der Waals surface area contributed by atoms with Gasteiger partial charge in [0.1, 0.15) is 11.5 Å². The van der Waals surface area contributed by atoms with Crippen LogP contribution < -0.4 is 15.9 Å². The first kappa shape index (κ1) is 28.0. The highest BCUT2D eigenvalue weighted by Gasteiger charge is 2.28. The molecule has 0 radical (unpaired) electrons. The third kappa shape index (κ3) is 5.40. The van der Waals surface area contributed by atoms with Crippen molar-refractivity contribution in [2.45, 2.75) is 57.5 Å². The van der Waals surface area contributed by atoms with E-state index in [0.29, 0.717) is 43.9 Å². The molecule has 12 heteroatoms. The second kappa shape index (κ2) is 11.6. The minimum absolute atomic E-state index is 0.0277. The molecular formula is C30H29ClF2N6O3. The average molecular weight is 595 g/mol. The van der Waals surface area contributed by atoms with Crippen molar-refractivity contribution in [1.29, 1.82) is 0 Å². The number of para-hydroxylation sites is 2. The zero-order valence-electron chi connectivity index (χ0n) is 22.7. The molecular weight excluding hydrogens is 566 g/mol. The summed E-state index contributed by atoms with van der Waals surface area (Å²) in [4.78, 5) is 48.6. The molecule has 4 heterocycles. The van der Waals surface area contributed by atoms with Gasteiger partial charge in [0.2, 0.25) is 5.91 Å². The first-order chi connectivity index (χ1) is 20.3. The predicted molar refractivity (Wildman–Crippen MR) is 154 cm³/mol. The molecule has 0 atom stereocenters. The Morgan fingerprint density at radius 1 is 1.05 bits per heavy atom. The van der Waals surface area contributed by atoms with Crippen molar-refractivity contribution in [1.82, 2.24) is 24.4 Å². The molecule has 1 saturated carbocycles. The van der Waals surface area contributed by atoms with Crippen LogP contribution in [0.4, 0.5) is 14.6 Å². The summed E-state index contributed by atoms with van der Waals surface area (Å²) in [5, 5.41) is 2.98. The van der Waals surface area contributed by atoms with E-state index in [1.807, 2.05) is 24.3 Å². The van der Waals surface area contributed by atoms with Gasteiger partial charge >= 0.3 is 5.69 Å². The van der Waals surface area contributed by atoms with Gasteiger partial charge in [-0.05, 0) is 62.3 Å². The third-order valence-corrected chi connectivity index (χ3v) is 8.34. The fourth-order valence-electron chi connectivity index (χ4n) is 6.04. The Kier molecular flexibility index (Phi) is 7.76. The lowest BCUT2D eigenvalue weighted by molar-refractivity contribution is -0.117. The highest BCUT2D eigenvalue weighted by atomic mass is 35.5. The number of amides is 2. The standard InChI is InChI=1S/C30H29ClF2N6O3/c31-19-14-22(27(28(32)33)35-16-19)29(41)36-20-9-7-18(8-10-20)17-38-23-4-1-2-5-24(23)39(30(38)42)21-11-12-34-25(15-21)37-13-3-6-26(37)40/h1-2,4-5,11-12,14-16,18,20,28H,3,6-10,13,17H2,(H,36,41)/t18-,20-. The lowest BCUT2D eigenvalue weighted by Crippen LogP contribution is -2.39. The second-order valence-corrected chi connectivity index (χ2v) is 11.3. The van der Waals surface area contributed by atoms with Crippen LogP contribution in [0, 0.1) is 5.92 Å². The van der Waals surface area contributed by atoms with Crippen LogP contribution in [-0.4, -0.2) is 43.5 Å². The van der Waals surface area contributed by atoms with Crippen molar-refractivity contribution in [2.75, 3.05) is 11.4 Å². The van der Waals surface area contributed by atoms with E-state index in [2.05, 4.69) is 15.3 Å². The Balaban J connectivity index is 1.18. The van der Waals surface area contributed by atoms with E-state index in [9.17, 15) is 23.2 Å². The average Bonchev–Trinajstić information content (AvgIpc) is 3.54. The molecule has 1 N–H and O–H groups in total. The number of anilines is 1. The third-order valence-electron chi connectivity index (χ3n) is 8.13. The summed E-state index contributed by atoms with van der Waals surface area (Å²) in [6.07, 6.45) is 3.92. The molecule has 3 aromatic heterocycles. The minimum Gasteiger partial charge on any atom is -0.349 e. The number of alkyl halides is 2. The monoisotopic (exact) mass is 594 g/mol. The predicted octanol–water partition coefficient (Wildman–Crippen LogP) is 5.29. The molecule has 1 aliphatic heterocycles. The first-order valence-corrected chi connectivity index (χ1v) is 14.4. The number of aromatic nitrogens is 4. The normalized spacial score (nSPS) is 19.1. The van der Waals surface area contributed by atoms with Gasteiger partial charge in [-0.1, -0.05) is 23.7 Å². The number of halogens is 3. The van der Waals surface area contributed by atoms with Crippen molar-refractivity contribution >= 4 is 40.3 Å². The molecule has 2 fully saturated rings. The molecule has 0 unspecified atom stereocenters. The number of carbonyl (C=O) groups is 2. The lowest BCUT2D eigenvalue weighted by atomic mass is 9.85. The number of nitrogens with one attached hydrogen (secondary N) is 1. The van der Waals surface area contributed by atoms with Gasteiger partial charge in [-0.3, -0.25) is 28.6 Å². The van der Waals surface area contributed by atoms with Gasteiger partial charge < -0.3 is 5.32 Å². The molecule has 9 nitrogen and oxygen atoms in total. The number of benzene rings is 1. The van der Waals surface area contributed by atoms with E-state index in [0.717, 1.165) is 36.5 Å². The van der Waals surface area contributed by atoms with E-state index in [-0.39, 0.29) is 34.1 Å². The number of carbonyl (C=O) groups excluding carboxylic acids is 2. The second-order valence-electron chi connectivity index (χ2n) is 10.8. The molecule has 6 rings (SSSR count). The first-order valence-electron chi connectivity index (χ1n) is 14.0. The van der Waals surface area contributed by atoms with Gasteiger partial charge in [-0.15, -0.1) is 0 Å². The van der Waals surface area contributed by atoms with E-state index in [1.165, 1.54) is 6.07 Å². The van der Waals surface area contributed by atoms with Gasteiger partial charge in [0, 0.05) is 44.0 Å². The Morgan fingerprint density at radius 2 is 1.81 bits per heavy atom. The van der Waals surface area contributed by atoms with Crippen molar-refractivity contribution < 1.29 is 18.4 Å². The van der Waals surface area contributed by atoms with E-state index >= 15 is 0 Å². The summed E-state index contributed by atoms with van der Waals surface area (Å²) in [5.41, 5.74) is 1.23. The SMILES string of the molecule is O=C(N[C@H]1CC[C@H](Cn2c(=O)n(-c3ccnc(N4CCCC4=O)c3)c3ccccc32)CC1)c1cc(Cl)cnc1C(F)F.